The zero-order valence-corrected chi connectivity index (χ0v) is 11.2. The number of carbonyl (C=O) groups excluding carboxylic acids is 1. The summed E-state index contributed by atoms with van der Waals surface area (Å²) in [5.74, 6) is 5.26. The van der Waals surface area contributed by atoms with Gasteiger partial charge in [-0.05, 0) is 18.1 Å². The number of halogens is 1. The molecule has 2 rings (SSSR count). The number of aromatic nitrogens is 3. The van der Waals surface area contributed by atoms with Crippen LogP contribution < -0.4 is 5.73 Å². The monoisotopic (exact) mass is 288 g/mol. The highest BCUT2D eigenvalue weighted by molar-refractivity contribution is 6.30. The van der Waals surface area contributed by atoms with Crippen molar-refractivity contribution in [1.82, 2.24) is 15.0 Å². The molecule has 0 atom stereocenters. The van der Waals surface area contributed by atoms with Crippen molar-refractivity contribution in [1.29, 1.82) is 0 Å². The van der Waals surface area contributed by atoms with Crippen LogP contribution in [-0.2, 0) is 4.74 Å². The summed E-state index contributed by atoms with van der Waals surface area (Å²) in [7, 11) is 1.30. The summed E-state index contributed by atoms with van der Waals surface area (Å²) < 4.78 is 4.57. The fraction of sp³-hybridized carbons (Fsp3) is 0.0769. The average Bonchev–Trinajstić information content (AvgIpc) is 2.46. The SMILES string of the molecule is COC(=O)c1ccc(C#Cc2c(N)ncnc2Cl)nc1. The van der Waals surface area contributed by atoms with Gasteiger partial charge in [0.2, 0.25) is 0 Å². The van der Waals surface area contributed by atoms with E-state index in [1.54, 1.807) is 12.1 Å². The number of rotatable bonds is 1. The lowest BCUT2D eigenvalue weighted by molar-refractivity contribution is 0.0600. The predicted molar refractivity (Wildman–Crippen MR) is 73.0 cm³/mol. The van der Waals surface area contributed by atoms with Gasteiger partial charge in [-0.3, -0.25) is 0 Å². The zero-order valence-electron chi connectivity index (χ0n) is 10.4. The second-order valence-corrected chi connectivity index (χ2v) is 3.96. The van der Waals surface area contributed by atoms with E-state index in [2.05, 4.69) is 31.5 Å². The van der Waals surface area contributed by atoms with Gasteiger partial charge in [0.15, 0.2) is 0 Å². The Morgan fingerprint density at radius 1 is 1.30 bits per heavy atom. The van der Waals surface area contributed by atoms with Crippen LogP contribution in [0.2, 0.25) is 5.15 Å². The van der Waals surface area contributed by atoms with Crippen LogP contribution in [0, 0.1) is 11.8 Å². The lowest BCUT2D eigenvalue weighted by Crippen LogP contribution is -2.01. The summed E-state index contributed by atoms with van der Waals surface area (Å²) in [6, 6.07) is 3.16. The summed E-state index contributed by atoms with van der Waals surface area (Å²) in [6.07, 6.45) is 2.63. The molecule has 0 saturated heterocycles. The summed E-state index contributed by atoms with van der Waals surface area (Å²) in [6.45, 7) is 0. The Morgan fingerprint density at radius 2 is 2.10 bits per heavy atom. The van der Waals surface area contributed by atoms with Gasteiger partial charge in [-0.25, -0.2) is 19.7 Å². The Balaban J connectivity index is 2.28. The number of anilines is 1. The molecule has 0 amide bonds. The average molecular weight is 289 g/mol. The van der Waals surface area contributed by atoms with Crippen molar-refractivity contribution in [2.24, 2.45) is 0 Å². The quantitative estimate of drug-likeness (QED) is 0.483. The molecular weight excluding hydrogens is 280 g/mol. The topological polar surface area (TPSA) is 91.0 Å². The molecule has 0 aliphatic heterocycles. The maximum absolute atomic E-state index is 11.2. The van der Waals surface area contributed by atoms with Crippen LogP contribution in [0.15, 0.2) is 24.7 Å². The molecule has 2 aromatic rings. The minimum Gasteiger partial charge on any atom is -0.465 e. The van der Waals surface area contributed by atoms with Crippen molar-refractivity contribution in [2.75, 3.05) is 12.8 Å². The molecule has 0 aromatic carbocycles. The summed E-state index contributed by atoms with van der Waals surface area (Å²) in [4.78, 5) is 22.9. The Morgan fingerprint density at radius 3 is 2.70 bits per heavy atom. The highest BCUT2D eigenvalue weighted by Gasteiger charge is 2.05. The molecule has 0 saturated carbocycles. The molecule has 0 bridgehead atoms. The van der Waals surface area contributed by atoms with Crippen LogP contribution in [-0.4, -0.2) is 28.0 Å². The smallest absolute Gasteiger partial charge is 0.339 e. The number of pyridine rings is 1. The second-order valence-electron chi connectivity index (χ2n) is 3.60. The van der Waals surface area contributed by atoms with Gasteiger partial charge in [-0.15, -0.1) is 0 Å². The van der Waals surface area contributed by atoms with Crippen molar-refractivity contribution in [3.8, 4) is 11.8 Å². The highest BCUT2D eigenvalue weighted by atomic mass is 35.5. The van der Waals surface area contributed by atoms with Gasteiger partial charge in [-0.2, -0.15) is 0 Å². The van der Waals surface area contributed by atoms with Gasteiger partial charge in [0.1, 0.15) is 28.6 Å². The van der Waals surface area contributed by atoms with Gasteiger partial charge in [0.05, 0.1) is 12.7 Å². The number of hydrogen-bond acceptors (Lipinski definition) is 6. The second kappa shape index (κ2) is 5.99. The number of carbonyl (C=O) groups is 1. The van der Waals surface area contributed by atoms with E-state index in [4.69, 9.17) is 17.3 Å². The molecule has 0 radical (unpaired) electrons. The van der Waals surface area contributed by atoms with E-state index in [1.807, 2.05) is 0 Å². The maximum Gasteiger partial charge on any atom is 0.339 e. The number of nitrogens with zero attached hydrogens (tertiary/aromatic N) is 3. The van der Waals surface area contributed by atoms with Crippen LogP contribution in [0.3, 0.4) is 0 Å². The first-order valence-corrected chi connectivity index (χ1v) is 5.82. The van der Waals surface area contributed by atoms with E-state index in [-0.39, 0.29) is 11.0 Å². The fourth-order valence-corrected chi connectivity index (χ4v) is 1.51. The minimum atomic E-state index is -0.458. The first kappa shape index (κ1) is 13.8. The van der Waals surface area contributed by atoms with Crippen LogP contribution in [0.4, 0.5) is 5.82 Å². The molecule has 2 heterocycles. The lowest BCUT2D eigenvalue weighted by atomic mass is 10.2. The first-order valence-electron chi connectivity index (χ1n) is 5.44. The van der Waals surface area contributed by atoms with E-state index in [0.29, 0.717) is 16.8 Å². The summed E-state index contributed by atoms with van der Waals surface area (Å²) in [5.41, 5.74) is 6.79. The Hall–Kier alpha value is -2.65. The largest absolute Gasteiger partial charge is 0.465 e. The van der Waals surface area contributed by atoms with Gasteiger partial charge < -0.3 is 10.5 Å². The highest BCUT2D eigenvalue weighted by Crippen LogP contribution is 2.15. The van der Waals surface area contributed by atoms with Crippen molar-refractivity contribution < 1.29 is 9.53 Å². The molecule has 0 unspecified atom stereocenters. The molecule has 20 heavy (non-hydrogen) atoms. The van der Waals surface area contributed by atoms with Crippen molar-refractivity contribution in [2.45, 2.75) is 0 Å². The normalized spacial score (nSPS) is 9.50. The fourth-order valence-electron chi connectivity index (χ4n) is 1.33. The van der Waals surface area contributed by atoms with E-state index in [9.17, 15) is 4.79 Å². The minimum absolute atomic E-state index is 0.177. The number of esters is 1. The zero-order chi connectivity index (χ0) is 14.5. The molecule has 0 spiro atoms. The van der Waals surface area contributed by atoms with E-state index >= 15 is 0 Å². The summed E-state index contributed by atoms with van der Waals surface area (Å²) in [5, 5.41) is 0.177. The lowest BCUT2D eigenvalue weighted by Gasteiger charge is -1.98. The molecule has 2 N–H and O–H groups in total. The number of nitrogens with two attached hydrogens (primary N) is 1. The Labute approximate surface area is 120 Å². The van der Waals surface area contributed by atoms with Crippen LogP contribution >= 0.6 is 11.6 Å². The number of nitrogen functional groups attached to an aromatic ring is 1. The third kappa shape index (κ3) is 3.02. The maximum atomic E-state index is 11.2. The van der Waals surface area contributed by atoms with Crippen molar-refractivity contribution in [3.63, 3.8) is 0 Å². The standard InChI is InChI=1S/C13H9ClN4O2/c1-20-13(19)8-2-3-9(16-6-8)4-5-10-11(14)17-7-18-12(10)15/h2-3,6-7H,1H3,(H2,15,17,18). The van der Waals surface area contributed by atoms with Crippen LogP contribution in [0.5, 0.6) is 0 Å². The number of ether oxygens (including phenoxy) is 1. The van der Waals surface area contributed by atoms with E-state index in [0.717, 1.165) is 0 Å². The molecule has 7 heteroatoms. The van der Waals surface area contributed by atoms with Gasteiger partial charge in [-0.1, -0.05) is 17.5 Å². The van der Waals surface area contributed by atoms with Gasteiger partial charge in [0.25, 0.3) is 0 Å². The third-order valence-corrected chi connectivity index (χ3v) is 2.62. The number of methoxy groups -OCH3 is 1. The van der Waals surface area contributed by atoms with Crippen LogP contribution in [0.25, 0.3) is 0 Å². The Kier molecular flexibility index (Phi) is 4.13. The summed E-state index contributed by atoms with van der Waals surface area (Å²) >= 11 is 5.87. The van der Waals surface area contributed by atoms with Crippen molar-refractivity contribution in [3.05, 3.63) is 46.6 Å². The molecule has 100 valence electrons. The van der Waals surface area contributed by atoms with Crippen LogP contribution in [0.1, 0.15) is 21.6 Å². The first-order chi connectivity index (χ1) is 9.61. The van der Waals surface area contributed by atoms with Crippen molar-refractivity contribution >= 4 is 23.4 Å². The molecular formula is C13H9ClN4O2. The van der Waals surface area contributed by atoms with Gasteiger partial charge in [0, 0.05) is 6.20 Å². The Bertz CT molecular complexity index is 684. The molecule has 6 nitrogen and oxygen atoms in total. The predicted octanol–water partition coefficient (Wildman–Crippen LogP) is 1.29. The molecule has 0 fully saturated rings. The van der Waals surface area contributed by atoms with E-state index in [1.165, 1.54) is 19.6 Å². The molecule has 0 aliphatic carbocycles. The number of hydrogen-bond donors (Lipinski definition) is 1. The van der Waals surface area contributed by atoms with E-state index < -0.39 is 5.97 Å². The third-order valence-electron chi connectivity index (χ3n) is 2.33. The molecule has 0 aliphatic rings. The molecule has 2 aromatic heterocycles. The van der Waals surface area contributed by atoms with Gasteiger partial charge >= 0.3 is 5.97 Å².